The van der Waals surface area contributed by atoms with E-state index in [4.69, 9.17) is 0 Å². The van der Waals surface area contributed by atoms with Crippen LogP contribution >= 0.6 is 15.9 Å². The number of Topliss-reactive ketones (excluding diaryl/α,β-unsaturated/α-hetero) is 1. The monoisotopic (exact) mass is 267 g/mol. The van der Waals surface area contributed by atoms with Gasteiger partial charge in [0.05, 0.1) is 0 Å². The lowest BCUT2D eigenvalue weighted by atomic mass is 10.1. The van der Waals surface area contributed by atoms with Gasteiger partial charge in [0, 0.05) is 28.8 Å². The molecule has 0 unspecified atom stereocenters. The molecule has 0 aliphatic heterocycles. The molecule has 2 rings (SSSR count). The Morgan fingerprint density at radius 1 is 1.47 bits per heavy atom. The van der Waals surface area contributed by atoms with E-state index in [1.165, 1.54) is 12.8 Å². The SMILES string of the molecule is CC(=O)c1cc(Br)ccc1N(C)C1CC1. The van der Waals surface area contributed by atoms with Crippen LogP contribution in [0.4, 0.5) is 5.69 Å². The molecular formula is C12H14BrNO. The van der Waals surface area contributed by atoms with Crippen LogP contribution in [-0.4, -0.2) is 18.9 Å². The Morgan fingerprint density at radius 2 is 2.13 bits per heavy atom. The van der Waals surface area contributed by atoms with Crippen LogP contribution in [-0.2, 0) is 0 Å². The van der Waals surface area contributed by atoms with Gasteiger partial charge in [-0.3, -0.25) is 4.79 Å². The van der Waals surface area contributed by atoms with Gasteiger partial charge in [-0.05, 0) is 38.0 Å². The molecule has 1 aromatic rings. The first-order chi connectivity index (χ1) is 7.09. The minimum Gasteiger partial charge on any atom is -0.371 e. The standard InChI is InChI=1S/C12H14BrNO/c1-8(15)11-7-9(13)3-6-12(11)14(2)10-4-5-10/h3,6-7,10H,4-5H2,1-2H3. The van der Waals surface area contributed by atoms with Crippen molar-refractivity contribution >= 4 is 27.4 Å². The molecule has 0 N–H and O–H groups in total. The summed E-state index contributed by atoms with van der Waals surface area (Å²) >= 11 is 3.40. The largest absolute Gasteiger partial charge is 0.371 e. The van der Waals surface area contributed by atoms with E-state index in [2.05, 4.69) is 27.9 Å². The first-order valence-electron chi connectivity index (χ1n) is 5.13. The number of hydrogen-bond acceptors (Lipinski definition) is 2. The zero-order chi connectivity index (χ0) is 11.0. The molecule has 2 nitrogen and oxygen atoms in total. The molecule has 15 heavy (non-hydrogen) atoms. The summed E-state index contributed by atoms with van der Waals surface area (Å²) in [6.07, 6.45) is 2.48. The Labute approximate surface area is 98.4 Å². The summed E-state index contributed by atoms with van der Waals surface area (Å²) < 4.78 is 0.959. The lowest BCUT2D eigenvalue weighted by Gasteiger charge is -2.21. The zero-order valence-electron chi connectivity index (χ0n) is 8.96. The highest BCUT2D eigenvalue weighted by molar-refractivity contribution is 9.10. The summed E-state index contributed by atoms with van der Waals surface area (Å²) in [6.45, 7) is 1.62. The van der Waals surface area contributed by atoms with Gasteiger partial charge in [-0.2, -0.15) is 0 Å². The lowest BCUT2D eigenvalue weighted by Crippen LogP contribution is -2.21. The minimum absolute atomic E-state index is 0.124. The molecule has 1 saturated carbocycles. The lowest BCUT2D eigenvalue weighted by molar-refractivity contribution is 0.101. The second kappa shape index (κ2) is 3.97. The van der Waals surface area contributed by atoms with Crippen LogP contribution in [0.2, 0.25) is 0 Å². The predicted octanol–water partition coefficient (Wildman–Crippen LogP) is 3.25. The smallest absolute Gasteiger partial charge is 0.161 e. The van der Waals surface area contributed by atoms with Gasteiger partial charge in [0.15, 0.2) is 5.78 Å². The van der Waals surface area contributed by atoms with Crippen molar-refractivity contribution in [3.05, 3.63) is 28.2 Å². The van der Waals surface area contributed by atoms with Crippen LogP contribution < -0.4 is 4.90 Å². The second-order valence-electron chi connectivity index (χ2n) is 4.06. The van der Waals surface area contributed by atoms with Crippen LogP contribution in [0.1, 0.15) is 30.1 Å². The fourth-order valence-corrected chi connectivity index (χ4v) is 2.12. The summed E-state index contributed by atoms with van der Waals surface area (Å²) in [4.78, 5) is 13.7. The highest BCUT2D eigenvalue weighted by Crippen LogP contribution is 2.33. The van der Waals surface area contributed by atoms with Crippen LogP contribution in [0.3, 0.4) is 0 Å². The van der Waals surface area contributed by atoms with Gasteiger partial charge in [-0.1, -0.05) is 15.9 Å². The van der Waals surface area contributed by atoms with E-state index in [1.807, 2.05) is 18.2 Å². The van der Waals surface area contributed by atoms with Gasteiger partial charge in [-0.25, -0.2) is 0 Å². The van der Waals surface area contributed by atoms with Gasteiger partial charge >= 0.3 is 0 Å². The molecule has 1 fully saturated rings. The summed E-state index contributed by atoms with van der Waals surface area (Å²) in [5.74, 6) is 0.124. The van der Waals surface area contributed by atoms with Gasteiger partial charge in [0.25, 0.3) is 0 Å². The van der Waals surface area contributed by atoms with Crippen LogP contribution in [0.15, 0.2) is 22.7 Å². The normalized spacial score (nSPS) is 15.1. The van der Waals surface area contributed by atoms with E-state index in [-0.39, 0.29) is 5.78 Å². The number of ketones is 1. The third kappa shape index (κ3) is 2.23. The van der Waals surface area contributed by atoms with Gasteiger partial charge in [0.2, 0.25) is 0 Å². The van der Waals surface area contributed by atoms with Crippen molar-refractivity contribution in [3.8, 4) is 0 Å². The summed E-state index contributed by atoms with van der Waals surface area (Å²) in [5.41, 5.74) is 1.85. The van der Waals surface area contributed by atoms with E-state index in [0.717, 1.165) is 15.7 Å². The molecule has 0 bridgehead atoms. The van der Waals surface area contributed by atoms with Crippen LogP contribution in [0.25, 0.3) is 0 Å². The maximum atomic E-state index is 11.5. The molecule has 0 saturated heterocycles. The summed E-state index contributed by atoms with van der Waals surface area (Å²) in [5, 5.41) is 0. The molecule has 0 atom stereocenters. The minimum atomic E-state index is 0.124. The second-order valence-corrected chi connectivity index (χ2v) is 4.98. The summed E-state index contributed by atoms with van der Waals surface area (Å²) in [6, 6.07) is 6.53. The quantitative estimate of drug-likeness (QED) is 0.784. The Bertz CT molecular complexity index is 399. The average Bonchev–Trinajstić information content (AvgIpc) is 2.99. The van der Waals surface area contributed by atoms with Gasteiger partial charge < -0.3 is 4.90 Å². The van der Waals surface area contributed by atoms with Crippen molar-refractivity contribution in [1.82, 2.24) is 0 Å². The average molecular weight is 268 g/mol. The predicted molar refractivity (Wildman–Crippen MR) is 65.6 cm³/mol. The van der Waals surface area contributed by atoms with E-state index >= 15 is 0 Å². The summed E-state index contributed by atoms with van der Waals surface area (Å²) in [7, 11) is 2.06. The Morgan fingerprint density at radius 3 is 2.67 bits per heavy atom. The number of hydrogen-bond donors (Lipinski definition) is 0. The highest BCUT2D eigenvalue weighted by atomic mass is 79.9. The van der Waals surface area contributed by atoms with Crippen molar-refractivity contribution in [2.75, 3.05) is 11.9 Å². The third-order valence-electron chi connectivity index (χ3n) is 2.81. The van der Waals surface area contributed by atoms with E-state index < -0.39 is 0 Å². The Hall–Kier alpha value is -0.830. The molecule has 0 radical (unpaired) electrons. The molecule has 3 heteroatoms. The van der Waals surface area contributed by atoms with E-state index in [1.54, 1.807) is 6.92 Å². The first-order valence-corrected chi connectivity index (χ1v) is 5.92. The maximum absolute atomic E-state index is 11.5. The maximum Gasteiger partial charge on any atom is 0.161 e. The Kier molecular flexibility index (Phi) is 2.83. The molecule has 0 amide bonds. The fraction of sp³-hybridized carbons (Fsp3) is 0.417. The molecule has 1 aliphatic carbocycles. The molecule has 0 heterocycles. The fourth-order valence-electron chi connectivity index (χ4n) is 1.76. The third-order valence-corrected chi connectivity index (χ3v) is 3.31. The van der Waals surface area contributed by atoms with Crippen molar-refractivity contribution in [3.63, 3.8) is 0 Å². The molecule has 1 aromatic carbocycles. The number of carbonyl (C=O) groups is 1. The number of nitrogens with zero attached hydrogens (tertiary/aromatic N) is 1. The number of halogens is 1. The number of carbonyl (C=O) groups excluding carboxylic acids is 1. The van der Waals surface area contributed by atoms with E-state index in [9.17, 15) is 4.79 Å². The van der Waals surface area contributed by atoms with E-state index in [0.29, 0.717) is 6.04 Å². The molecule has 0 spiro atoms. The van der Waals surface area contributed by atoms with Gasteiger partial charge in [-0.15, -0.1) is 0 Å². The first kappa shape index (κ1) is 10.7. The molecular weight excluding hydrogens is 254 g/mol. The van der Waals surface area contributed by atoms with Crippen molar-refractivity contribution in [1.29, 1.82) is 0 Å². The molecule has 1 aliphatic rings. The van der Waals surface area contributed by atoms with Crippen molar-refractivity contribution in [2.24, 2.45) is 0 Å². The topological polar surface area (TPSA) is 20.3 Å². The Balaban J connectivity index is 2.40. The van der Waals surface area contributed by atoms with Crippen LogP contribution in [0, 0.1) is 0 Å². The van der Waals surface area contributed by atoms with Crippen LogP contribution in [0.5, 0.6) is 0 Å². The molecule has 0 aromatic heterocycles. The number of anilines is 1. The van der Waals surface area contributed by atoms with Gasteiger partial charge in [0.1, 0.15) is 0 Å². The van der Waals surface area contributed by atoms with Crippen molar-refractivity contribution in [2.45, 2.75) is 25.8 Å². The number of rotatable bonds is 3. The highest BCUT2D eigenvalue weighted by Gasteiger charge is 2.28. The zero-order valence-corrected chi connectivity index (χ0v) is 10.5. The number of benzene rings is 1. The molecule has 80 valence electrons. The van der Waals surface area contributed by atoms with Crippen molar-refractivity contribution < 1.29 is 4.79 Å².